The summed E-state index contributed by atoms with van der Waals surface area (Å²) in [6.07, 6.45) is 5.00. The molecule has 5 rings (SSSR count). The quantitative estimate of drug-likeness (QED) is 0.377. The molecule has 3 heterocycles. The Morgan fingerprint density at radius 2 is 1.95 bits per heavy atom. The molecule has 0 radical (unpaired) electrons. The van der Waals surface area contributed by atoms with Crippen molar-refractivity contribution in [2.45, 2.75) is 51.4 Å². The molecule has 1 saturated heterocycles. The lowest BCUT2D eigenvalue weighted by Gasteiger charge is -2.50. The summed E-state index contributed by atoms with van der Waals surface area (Å²) < 4.78 is 11.3. The number of hydrogen-bond acceptors (Lipinski definition) is 7. The predicted molar refractivity (Wildman–Crippen MR) is 158 cm³/mol. The minimum Gasteiger partial charge on any atom is -0.487 e. The Hall–Kier alpha value is -3.23. The Morgan fingerprint density at radius 3 is 2.66 bits per heavy atom. The molecule has 0 spiro atoms. The van der Waals surface area contributed by atoms with Gasteiger partial charge in [0.15, 0.2) is 0 Å². The van der Waals surface area contributed by atoms with E-state index in [0.717, 1.165) is 33.7 Å². The second-order valence-corrected chi connectivity index (χ2v) is 12.1. The lowest BCUT2D eigenvalue weighted by molar-refractivity contribution is -0.186. The highest BCUT2D eigenvalue weighted by Gasteiger charge is 2.57. The Kier molecular flexibility index (Phi) is 8.01. The van der Waals surface area contributed by atoms with Crippen molar-refractivity contribution in [1.82, 2.24) is 9.88 Å². The van der Waals surface area contributed by atoms with Crippen molar-refractivity contribution >= 4 is 23.1 Å². The Labute approximate surface area is 246 Å². The number of methoxy groups -OCH3 is 1. The Morgan fingerprint density at radius 1 is 1.20 bits per heavy atom. The number of hydrogen-bond donors (Lipinski definition) is 2. The second kappa shape index (κ2) is 11.2. The van der Waals surface area contributed by atoms with Gasteiger partial charge < -0.3 is 24.6 Å². The van der Waals surface area contributed by atoms with Crippen LogP contribution in [0.5, 0.6) is 5.75 Å². The first kappa shape index (κ1) is 29.3. The number of ether oxygens (including phenoxy) is 2. The van der Waals surface area contributed by atoms with Crippen LogP contribution in [0.4, 0.5) is 0 Å². The van der Waals surface area contributed by atoms with Crippen molar-refractivity contribution in [1.29, 1.82) is 0 Å². The van der Waals surface area contributed by atoms with Crippen molar-refractivity contribution in [3.05, 3.63) is 99.8 Å². The molecule has 2 atom stereocenters. The van der Waals surface area contributed by atoms with Gasteiger partial charge in [0.2, 0.25) is 0 Å². The monoisotopic (exact) mass is 576 g/mol. The first-order valence-corrected chi connectivity index (χ1v) is 14.3. The minimum atomic E-state index is -1.39. The maximum Gasteiger partial charge on any atom is 0.316 e. The molecule has 2 aliphatic rings. The number of benzene rings is 2. The molecule has 1 aromatic heterocycles. The van der Waals surface area contributed by atoms with Crippen LogP contribution in [0, 0.1) is 5.41 Å². The molecule has 3 aromatic rings. The number of aliphatic hydroxyl groups is 2. The van der Waals surface area contributed by atoms with E-state index in [-0.39, 0.29) is 0 Å². The Bertz CT molecular complexity index is 1470. The molecular weight excluding hydrogens is 540 g/mol. The van der Waals surface area contributed by atoms with Crippen LogP contribution in [0.2, 0.25) is 5.02 Å². The summed E-state index contributed by atoms with van der Waals surface area (Å²) in [7, 11) is 1.36. The topological polar surface area (TPSA) is 92.1 Å². The van der Waals surface area contributed by atoms with Gasteiger partial charge in [0.25, 0.3) is 0 Å². The van der Waals surface area contributed by atoms with Gasteiger partial charge in [0, 0.05) is 42.0 Å². The lowest BCUT2D eigenvalue weighted by Crippen LogP contribution is -2.60. The molecule has 2 aromatic carbocycles. The summed E-state index contributed by atoms with van der Waals surface area (Å²) >= 11 is 6.09. The van der Waals surface area contributed by atoms with Gasteiger partial charge in [0.1, 0.15) is 23.4 Å². The van der Waals surface area contributed by atoms with Gasteiger partial charge in [-0.2, -0.15) is 0 Å². The zero-order valence-corrected chi connectivity index (χ0v) is 24.7. The molecule has 7 nitrogen and oxygen atoms in total. The van der Waals surface area contributed by atoms with Gasteiger partial charge in [-0.25, -0.2) is 0 Å². The summed E-state index contributed by atoms with van der Waals surface area (Å²) in [4.78, 5) is 19.9. The SMILES string of the molecule is COC(=O)C1(C)CN(CCC=C2c3cc(C(C)(C)O)ccc3OCc3ncccc32)CCC1(O)c1ccc(Cl)cc1. The highest BCUT2D eigenvalue weighted by Crippen LogP contribution is 2.47. The number of fused-ring (bicyclic) bond motifs is 2. The average Bonchev–Trinajstić information content (AvgIpc) is 3.11. The number of piperidine rings is 1. The number of carbonyl (C=O) groups excluding carboxylic acids is 1. The number of carbonyl (C=O) groups is 1. The third-order valence-electron chi connectivity index (χ3n) is 8.51. The summed E-state index contributed by atoms with van der Waals surface area (Å²) in [6.45, 7) is 7.28. The fraction of sp³-hybridized carbons (Fsp3) is 0.394. The van der Waals surface area contributed by atoms with Gasteiger partial charge >= 0.3 is 5.97 Å². The molecular formula is C33H37ClN2O5. The van der Waals surface area contributed by atoms with Gasteiger partial charge in [-0.3, -0.25) is 9.78 Å². The minimum absolute atomic E-state index is 0.336. The van der Waals surface area contributed by atoms with E-state index >= 15 is 0 Å². The number of nitrogens with zero attached hydrogens (tertiary/aromatic N) is 2. The Balaban J connectivity index is 1.44. The molecule has 0 amide bonds. The zero-order valence-electron chi connectivity index (χ0n) is 24.0. The number of aromatic nitrogens is 1. The highest BCUT2D eigenvalue weighted by molar-refractivity contribution is 6.30. The lowest BCUT2D eigenvalue weighted by atomic mass is 9.65. The smallest absolute Gasteiger partial charge is 0.316 e. The third-order valence-corrected chi connectivity index (χ3v) is 8.77. The van der Waals surface area contributed by atoms with Crippen molar-refractivity contribution in [2.24, 2.45) is 5.41 Å². The van der Waals surface area contributed by atoms with Crippen molar-refractivity contribution in [3.8, 4) is 5.75 Å². The molecule has 1 fully saturated rings. The number of esters is 1. The number of pyridine rings is 1. The van der Waals surface area contributed by atoms with Gasteiger partial charge in [-0.05, 0) is 80.6 Å². The molecule has 41 heavy (non-hydrogen) atoms. The van der Waals surface area contributed by atoms with E-state index in [1.165, 1.54) is 7.11 Å². The van der Waals surface area contributed by atoms with E-state index in [2.05, 4.69) is 16.0 Å². The van der Waals surface area contributed by atoms with E-state index in [1.54, 1.807) is 51.2 Å². The van der Waals surface area contributed by atoms with Crippen molar-refractivity contribution in [2.75, 3.05) is 26.7 Å². The van der Waals surface area contributed by atoms with Gasteiger partial charge in [-0.15, -0.1) is 0 Å². The largest absolute Gasteiger partial charge is 0.487 e. The van der Waals surface area contributed by atoms with Gasteiger partial charge in [0.05, 0.1) is 18.4 Å². The normalized spacial score (nSPS) is 23.7. The maximum atomic E-state index is 13.1. The van der Waals surface area contributed by atoms with Crippen LogP contribution in [-0.2, 0) is 27.3 Å². The molecule has 216 valence electrons. The van der Waals surface area contributed by atoms with Gasteiger partial charge in [-0.1, -0.05) is 41.9 Å². The van der Waals surface area contributed by atoms with Crippen LogP contribution in [0.1, 0.15) is 61.6 Å². The van der Waals surface area contributed by atoms with Crippen LogP contribution < -0.4 is 4.74 Å². The zero-order chi connectivity index (χ0) is 29.4. The first-order valence-electron chi connectivity index (χ1n) is 13.9. The number of halogens is 1. The van der Waals surface area contributed by atoms with E-state index in [0.29, 0.717) is 49.7 Å². The van der Waals surface area contributed by atoms with Crippen LogP contribution in [0.25, 0.3) is 5.57 Å². The van der Waals surface area contributed by atoms with Crippen molar-refractivity contribution in [3.63, 3.8) is 0 Å². The molecule has 2 N–H and O–H groups in total. The molecule has 0 saturated carbocycles. The van der Waals surface area contributed by atoms with E-state index in [9.17, 15) is 15.0 Å². The molecule has 0 aliphatic carbocycles. The summed E-state index contributed by atoms with van der Waals surface area (Å²) in [6, 6.07) is 16.8. The third kappa shape index (κ3) is 5.52. The van der Waals surface area contributed by atoms with Crippen LogP contribution in [0.15, 0.2) is 66.9 Å². The standard InChI is InChI=1S/C33H37ClN2O5/c1-31(2,38)23-11-14-29-27(19-23)25(26-7-5-16-35-28(26)20-41-29)8-6-17-36-18-15-33(39,22-9-12-24(34)13-10-22)32(3,21-36)30(37)40-4/h5,7-14,16,19,38-39H,6,15,17-18,20-21H2,1-4H3. The maximum absolute atomic E-state index is 13.1. The van der Waals surface area contributed by atoms with Crippen molar-refractivity contribution < 1.29 is 24.5 Å². The van der Waals surface area contributed by atoms with Crippen LogP contribution in [0.3, 0.4) is 0 Å². The molecule has 2 aliphatic heterocycles. The van der Waals surface area contributed by atoms with E-state index < -0.39 is 22.6 Å². The van der Waals surface area contributed by atoms with Crippen LogP contribution >= 0.6 is 11.6 Å². The average molecular weight is 577 g/mol. The molecule has 8 heteroatoms. The number of rotatable bonds is 6. The summed E-state index contributed by atoms with van der Waals surface area (Å²) in [5.74, 6) is 0.290. The fourth-order valence-corrected chi connectivity index (χ4v) is 6.16. The van der Waals surface area contributed by atoms with E-state index in [1.807, 2.05) is 30.3 Å². The number of likely N-dealkylation sites (tertiary alicyclic amines) is 1. The first-order chi connectivity index (χ1) is 19.5. The fourth-order valence-electron chi connectivity index (χ4n) is 6.04. The molecule has 0 bridgehead atoms. The van der Waals surface area contributed by atoms with E-state index in [4.69, 9.17) is 21.1 Å². The summed E-state index contributed by atoms with van der Waals surface area (Å²) in [5, 5.41) is 23.2. The van der Waals surface area contributed by atoms with Crippen LogP contribution in [-0.4, -0.2) is 52.8 Å². The summed E-state index contributed by atoms with van der Waals surface area (Å²) in [5.41, 5.74) is 1.62. The highest BCUT2D eigenvalue weighted by atomic mass is 35.5. The molecule has 2 unspecified atom stereocenters. The second-order valence-electron chi connectivity index (χ2n) is 11.7. The predicted octanol–water partition coefficient (Wildman–Crippen LogP) is 5.45.